The first-order valence-corrected chi connectivity index (χ1v) is 5.79. The molecule has 0 spiro atoms. The molecule has 0 saturated heterocycles. The highest BCUT2D eigenvalue weighted by Crippen LogP contribution is 2.34. The molecule has 2 rings (SSSR count). The van der Waals surface area contributed by atoms with E-state index in [9.17, 15) is 28.2 Å². The molecule has 2 N–H and O–H groups in total. The van der Waals surface area contributed by atoms with Crippen LogP contribution in [0.2, 0.25) is 0 Å². The Kier molecular flexibility index (Phi) is 3.75. The highest BCUT2D eigenvalue weighted by molar-refractivity contribution is 6.08. The van der Waals surface area contributed by atoms with Crippen LogP contribution in [0, 0.1) is 0 Å². The van der Waals surface area contributed by atoms with Gasteiger partial charge in [0.1, 0.15) is 0 Å². The van der Waals surface area contributed by atoms with E-state index in [0.717, 1.165) is 24.3 Å². The molecule has 4 nitrogen and oxygen atoms in total. The monoisotopic (exact) mass is 297 g/mol. The molecule has 0 fully saturated rings. The number of para-hydroxylation sites is 2. The molecule has 0 heterocycles. The van der Waals surface area contributed by atoms with Crippen LogP contribution >= 0.6 is 0 Å². The van der Waals surface area contributed by atoms with Crippen molar-refractivity contribution in [3.63, 3.8) is 0 Å². The Bertz CT molecular complexity index is 656. The van der Waals surface area contributed by atoms with Gasteiger partial charge < -0.3 is 10.2 Å². The fourth-order valence-electron chi connectivity index (χ4n) is 1.78. The van der Waals surface area contributed by atoms with Crippen molar-refractivity contribution >= 4 is 11.6 Å². The second-order valence-corrected chi connectivity index (χ2v) is 4.12. The number of hydrogen-bond acceptors (Lipinski definition) is 3. The SMILES string of the molecule is O=C(c1cccc(O)c1O)N(c1ccccc1)C(F)(F)F. The van der Waals surface area contributed by atoms with E-state index in [1.54, 1.807) is 0 Å². The zero-order valence-electron chi connectivity index (χ0n) is 10.5. The first-order chi connectivity index (χ1) is 9.82. The third-order valence-electron chi connectivity index (χ3n) is 2.72. The smallest absolute Gasteiger partial charge is 0.491 e. The summed E-state index contributed by atoms with van der Waals surface area (Å²) in [6.45, 7) is 0. The zero-order valence-corrected chi connectivity index (χ0v) is 10.5. The Balaban J connectivity index is 2.53. The molecule has 2 aromatic rings. The van der Waals surface area contributed by atoms with Gasteiger partial charge in [0.2, 0.25) is 0 Å². The summed E-state index contributed by atoms with van der Waals surface area (Å²) < 4.78 is 39.4. The molecule has 0 radical (unpaired) electrons. The number of alkyl halides is 3. The molecule has 0 atom stereocenters. The third kappa shape index (κ3) is 2.91. The number of aromatic hydroxyl groups is 2. The van der Waals surface area contributed by atoms with Crippen molar-refractivity contribution in [2.24, 2.45) is 0 Å². The van der Waals surface area contributed by atoms with Crippen LogP contribution in [0.1, 0.15) is 10.4 Å². The van der Waals surface area contributed by atoms with Gasteiger partial charge in [-0.05, 0) is 24.3 Å². The lowest BCUT2D eigenvalue weighted by Crippen LogP contribution is -2.43. The Morgan fingerprint density at radius 2 is 1.57 bits per heavy atom. The molecule has 7 heteroatoms. The third-order valence-corrected chi connectivity index (χ3v) is 2.72. The Morgan fingerprint density at radius 1 is 0.952 bits per heavy atom. The van der Waals surface area contributed by atoms with Crippen LogP contribution in [0.15, 0.2) is 48.5 Å². The lowest BCUT2D eigenvalue weighted by Gasteiger charge is -2.25. The van der Waals surface area contributed by atoms with E-state index in [1.807, 2.05) is 0 Å². The van der Waals surface area contributed by atoms with E-state index in [0.29, 0.717) is 0 Å². The molecule has 0 bridgehead atoms. The largest absolute Gasteiger partial charge is 0.504 e. The minimum atomic E-state index is -4.98. The molecular formula is C14H10F3NO3. The van der Waals surface area contributed by atoms with Crippen molar-refractivity contribution < 1.29 is 28.2 Å². The number of amides is 1. The van der Waals surface area contributed by atoms with Gasteiger partial charge in [-0.15, -0.1) is 13.2 Å². The number of anilines is 1. The van der Waals surface area contributed by atoms with Crippen LogP contribution < -0.4 is 4.90 Å². The standard InChI is InChI=1S/C14H10F3NO3/c15-14(16,17)18(9-5-2-1-3-6-9)13(21)10-7-4-8-11(19)12(10)20/h1-8,19-20H. The second-order valence-electron chi connectivity index (χ2n) is 4.12. The molecule has 0 aliphatic carbocycles. The first kappa shape index (κ1) is 14.7. The average molecular weight is 297 g/mol. The minimum Gasteiger partial charge on any atom is -0.504 e. The summed E-state index contributed by atoms with van der Waals surface area (Å²) in [6.07, 6.45) is -4.98. The zero-order chi connectivity index (χ0) is 15.6. The number of phenolic OH excluding ortho intramolecular Hbond substituents is 2. The first-order valence-electron chi connectivity index (χ1n) is 5.79. The summed E-state index contributed by atoms with van der Waals surface area (Å²) in [4.78, 5) is 11.7. The van der Waals surface area contributed by atoms with Crippen molar-refractivity contribution in [3.8, 4) is 11.5 Å². The van der Waals surface area contributed by atoms with Gasteiger partial charge in [0.25, 0.3) is 5.91 Å². The second kappa shape index (κ2) is 5.35. The van der Waals surface area contributed by atoms with E-state index < -0.39 is 39.9 Å². The Labute approximate surface area is 117 Å². The van der Waals surface area contributed by atoms with Crippen LogP contribution in [0.5, 0.6) is 11.5 Å². The number of hydrogen-bond donors (Lipinski definition) is 2. The summed E-state index contributed by atoms with van der Waals surface area (Å²) in [5.74, 6) is -3.05. The van der Waals surface area contributed by atoms with Crippen molar-refractivity contribution in [1.82, 2.24) is 0 Å². The van der Waals surface area contributed by atoms with Gasteiger partial charge in [-0.2, -0.15) is 0 Å². The van der Waals surface area contributed by atoms with E-state index in [2.05, 4.69) is 0 Å². The van der Waals surface area contributed by atoms with Gasteiger partial charge in [-0.25, -0.2) is 4.90 Å². The van der Waals surface area contributed by atoms with Crippen LogP contribution in [0.25, 0.3) is 0 Å². The van der Waals surface area contributed by atoms with Crippen LogP contribution in [-0.4, -0.2) is 22.4 Å². The van der Waals surface area contributed by atoms with Crippen molar-refractivity contribution in [2.45, 2.75) is 6.30 Å². The van der Waals surface area contributed by atoms with Gasteiger partial charge in [0.15, 0.2) is 11.5 Å². The lowest BCUT2D eigenvalue weighted by molar-refractivity contribution is -0.122. The summed E-state index contributed by atoms with van der Waals surface area (Å²) in [7, 11) is 0. The normalized spacial score (nSPS) is 11.2. The van der Waals surface area contributed by atoms with E-state index in [-0.39, 0.29) is 0 Å². The molecule has 0 aromatic heterocycles. The number of phenols is 2. The summed E-state index contributed by atoms with van der Waals surface area (Å²) in [5.41, 5.74) is -1.03. The minimum absolute atomic E-state index is 0.391. The van der Waals surface area contributed by atoms with Gasteiger partial charge >= 0.3 is 6.30 Å². The van der Waals surface area contributed by atoms with Crippen molar-refractivity contribution in [1.29, 1.82) is 0 Å². The van der Waals surface area contributed by atoms with Crippen molar-refractivity contribution in [3.05, 3.63) is 54.1 Å². The van der Waals surface area contributed by atoms with Crippen LogP contribution in [0.4, 0.5) is 18.9 Å². The Hall–Kier alpha value is -2.70. The summed E-state index contributed by atoms with van der Waals surface area (Å²) >= 11 is 0. The van der Waals surface area contributed by atoms with E-state index in [4.69, 9.17) is 0 Å². The molecule has 0 unspecified atom stereocenters. The Morgan fingerprint density at radius 3 is 2.14 bits per heavy atom. The van der Waals surface area contributed by atoms with E-state index >= 15 is 0 Å². The lowest BCUT2D eigenvalue weighted by atomic mass is 10.1. The molecule has 1 amide bonds. The number of benzene rings is 2. The molecule has 110 valence electrons. The van der Waals surface area contributed by atoms with Gasteiger partial charge in [0, 0.05) is 0 Å². The van der Waals surface area contributed by atoms with E-state index in [1.165, 1.54) is 24.3 Å². The molecule has 0 aliphatic rings. The number of rotatable bonds is 2. The molecule has 21 heavy (non-hydrogen) atoms. The highest BCUT2D eigenvalue weighted by Gasteiger charge is 2.43. The fraction of sp³-hybridized carbons (Fsp3) is 0.0714. The molecule has 2 aromatic carbocycles. The summed E-state index contributed by atoms with van der Waals surface area (Å²) in [5, 5.41) is 18.9. The van der Waals surface area contributed by atoms with Crippen LogP contribution in [0.3, 0.4) is 0 Å². The maximum atomic E-state index is 13.1. The number of nitrogens with zero attached hydrogens (tertiary/aromatic N) is 1. The number of carbonyl (C=O) groups is 1. The van der Waals surface area contributed by atoms with Gasteiger partial charge in [-0.3, -0.25) is 4.79 Å². The molecular weight excluding hydrogens is 287 g/mol. The predicted molar refractivity (Wildman–Crippen MR) is 69.1 cm³/mol. The van der Waals surface area contributed by atoms with Gasteiger partial charge in [-0.1, -0.05) is 24.3 Å². The average Bonchev–Trinajstić information content (AvgIpc) is 2.41. The molecule has 0 aliphatic heterocycles. The van der Waals surface area contributed by atoms with Crippen LogP contribution in [-0.2, 0) is 0 Å². The number of halogens is 3. The van der Waals surface area contributed by atoms with Gasteiger partial charge in [0.05, 0.1) is 11.3 Å². The van der Waals surface area contributed by atoms with Crippen molar-refractivity contribution in [2.75, 3.05) is 4.90 Å². The maximum absolute atomic E-state index is 13.1. The molecule has 0 saturated carbocycles. The quantitative estimate of drug-likeness (QED) is 0.660. The fourth-order valence-corrected chi connectivity index (χ4v) is 1.78. The predicted octanol–water partition coefficient (Wildman–Crippen LogP) is 3.26. The maximum Gasteiger partial charge on any atom is 0.491 e. The number of carbonyl (C=O) groups excluding carboxylic acids is 1. The highest BCUT2D eigenvalue weighted by atomic mass is 19.4. The topological polar surface area (TPSA) is 60.8 Å². The summed E-state index contributed by atoms with van der Waals surface area (Å²) in [6, 6.07) is 9.67.